The molecule has 3 aliphatic heterocycles. The summed E-state index contributed by atoms with van der Waals surface area (Å²) < 4.78 is 23.6. The van der Waals surface area contributed by atoms with Crippen LogP contribution in [0.25, 0.3) is 0 Å². The Morgan fingerprint density at radius 3 is 2.67 bits per heavy atom. The van der Waals surface area contributed by atoms with Crippen LogP contribution in [0.4, 0.5) is 0 Å². The summed E-state index contributed by atoms with van der Waals surface area (Å²) in [6.45, 7) is 9.49. The fraction of sp³-hybridized carbons (Fsp3) is 0.900. The predicted molar refractivity (Wildman–Crippen MR) is 91.5 cm³/mol. The van der Waals surface area contributed by atoms with Crippen LogP contribution >= 0.6 is 0 Å². The van der Waals surface area contributed by atoms with Crippen molar-refractivity contribution < 1.29 is 33.6 Å². The Kier molecular flexibility index (Phi) is 3.34. The predicted octanol–water partition coefficient (Wildman–Crippen LogP) is 1.20. The lowest BCUT2D eigenvalue weighted by Gasteiger charge is -2.36. The molecular weight excluding hydrogens is 352 g/mol. The molecule has 3 heterocycles. The molecule has 1 N–H and O–H groups in total. The fourth-order valence-corrected chi connectivity index (χ4v) is 6.27. The number of hydrogen-bond acceptors (Lipinski definition) is 7. The lowest BCUT2D eigenvalue weighted by atomic mass is 9.73. The van der Waals surface area contributed by atoms with Gasteiger partial charge in [0.1, 0.15) is 35.6 Å². The molecule has 7 heteroatoms. The monoisotopic (exact) mass is 380 g/mol. The number of carbonyl (C=O) groups excluding carboxylic acids is 2. The molecule has 27 heavy (non-hydrogen) atoms. The van der Waals surface area contributed by atoms with Crippen LogP contribution in [-0.4, -0.2) is 58.3 Å². The Morgan fingerprint density at radius 1 is 1.30 bits per heavy atom. The van der Waals surface area contributed by atoms with Crippen molar-refractivity contribution in [1.82, 2.24) is 0 Å². The van der Waals surface area contributed by atoms with E-state index in [0.29, 0.717) is 6.42 Å². The number of aliphatic hydroxyl groups is 1. The Morgan fingerprint density at radius 2 is 2.00 bits per heavy atom. The van der Waals surface area contributed by atoms with E-state index in [2.05, 4.69) is 0 Å². The highest BCUT2D eigenvalue weighted by Crippen LogP contribution is 2.75. The van der Waals surface area contributed by atoms with Crippen LogP contribution in [0.3, 0.4) is 0 Å². The van der Waals surface area contributed by atoms with Gasteiger partial charge in [-0.2, -0.15) is 0 Å². The van der Waals surface area contributed by atoms with Gasteiger partial charge in [-0.1, -0.05) is 20.8 Å². The van der Waals surface area contributed by atoms with Gasteiger partial charge in [-0.25, -0.2) is 0 Å². The number of esters is 2. The molecule has 2 saturated carbocycles. The zero-order valence-electron chi connectivity index (χ0n) is 16.4. The van der Waals surface area contributed by atoms with Crippen LogP contribution in [0.15, 0.2) is 0 Å². The Hall–Kier alpha value is -1.18. The molecule has 0 radical (unpaired) electrons. The van der Waals surface area contributed by atoms with Gasteiger partial charge < -0.3 is 24.1 Å². The molecule has 3 saturated heterocycles. The van der Waals surface area contributed by atoms with Crippen molar-refractivity contribution in [3.63, 3.8) is 0 Å². The van der Waals surface area contributed by atoms with Crippen molar-refractivity contribution in [3.8, 4) is 0 Å². The molecule has 0 unspecified atom stereocenters. The molecule has 7 nitrogen and oxygen atoms in total. The summed E-state index contributed by atoms with van der Waals surface area (Å²) in [5.74, 6) is -1.39. The lowest BCUT2D eigenvalue weighted by molar-refractivity contribution is -0.158. The molecule has 0 aromatic carbocycles. The van der Waals surface area contributed by atoms with Crippen LogP contribution in [0.2, 0.25) is 0 Å². The van der Waals surface area contributed by atoms with Crippen molar-refractivity contribution in [2.45, 2.75) is 88.7 Å². The van der Waals surface area contributed by atoms with E-state index in [1.807, 2.05) is 27.7 Å². The highest BCUT2D eigenvalue weighted by atomic mass is 16.7. The minimum atomic E-state index is -1.19. The van der Waals surface area contributed by atoms with Gasteiger partial charge in [0.15, 0.2) is 0 Å². The van der Waals surface area contributed by atoms with E-state index in [4.69, 9.17) is 18.9 Å². The van der Waals surface area contributed by atoms with Crippen molar-refractivity contribution >= 4 is 11.9 Å². The van der Waals surface area contributed by atoms with Gasteiger partial charge in [0.05, 0.1) is 17.4 Å². The molecule has 0 bridgehead atoms. The first-order valence-electron chi connectivity index (χ1n) is 10.0. The average molecular weight is 380 g/mol. The summed E-state index contributed by atoms with van der Waals surface area (Å²) in [5, 5.41) is 11.4. The molecular formula is C20H28O7. The summed E-state index contributed by atoms with van der Waals surface area (Å²) in [6, 6.07) is 0. The van der Waals surface area contributed by atoms with E-state index < -0.39 is 34.9 Å². The van der Waals surface area contributed by atoms with Crippen molar-refractivity contribution in [2.75, 3.05) is 0 Å². The summed E-state index contributed by atoms with van der Waals surface area (Å²) in [6.07, 6.45) is -0.804. The summed E-state index contributed by atoms with van der Waals surface area (Å²) in [5.41, 5.74) is -2.45. The number of hydrogen-bond donors (Lipinski definition) is 1. The number of rotatable bonds is 3. The second kappa shape index (κ2) is 5.05. The minimum Gasteiger partial charge on any atom is -0.462 e. The highest BCUT2D eigenvalue weighted by Gasteiger charge is 2.93. The lowest BCUT2D eigenvalue weighted by Crippen LogP contribution is -2.53. The van der Waals surface area contributed by atoms with Crippen LogP contribution in [0, 0.1) is 23.7 Å². The van der Waals surface area contributed by atoms with E-state index in [9.17, 15) is 14.7 Å². The number of epoxide rings is 2. The van der Waals surface area contributed by atoms with E-state index in [0.717, 1.165) is 0 Å². The molecule has 5 aliphatic rings. The van der Waals surface area contributed by atoms with Crippen LogP contribution < -0.4 is 0 Å². The molecule has 0 aromatic rings. The van der Waals surface area contributed by atoms with Gasteiger partial charge in [0.2, 0.25) is 0 Å². The van der Waals surface area contributed by atoms with Crippen LogP contribution in [0.5, 0.6) is 0 Å². The second-order valence-corrected chi connectivity index (χ2v) is 9.90. The standard InChI is InChI=1S/C20H28O7/c1-8(2)6-11(21)24-10-7-18(4,23)20-14(13-12(10)9(3)17(22)25-13)19(5)15(26-19)16(20)27-20/h8-10,12-16,23H,6-7H2,1-5H3/t9-,10-,12+,13-,14-,15-,16+,18+,19+,20-/m0/s1. The summed E-state index contributed by atoms with van der Waals surface area (Å²) in [7, 11) is 0. The van der Waals surface area contributed by atoms with Crippen molar-refractivity contribution in [2.24, 2.45) is 23.7 Å². The Balaban J connectivity index is 1.54. The second-order valence-electron chi connectivity index (χ2n) is 9.90. The highest BCUT2D eigenvalue weighted by molar-refractivity contribution is 5.76. The van der Waals surface area contributed by atoms with Crippen LogP contribution in [-0.2, 0) is 28.5 Å². The number of fused-ring (bicyclic) bond motifs is 5. The first-order valence-corrected chi connectivity index (χ1v) is 10.0. The Bertz CT molecular complexity index is 717. The van der Waals surface area contributed by atoms with Crippen molar-refractivity contribution in [1.29, 1.82) is 0 Å². The number of ether oxygens (including phenoxy) is 4. The molecule has 5 fully saturated rings. The van der Waals surface area contributed by atoms with E-state index in [1.165, 1.54) is 0 Å². The summed E-state index contributed by atoms with van der Waals surface area (Å²) >= 11 is 0. The average Bonchev–Trinajstić information content (AvgIpc) is 3.37. The maximum atomic E-state index is 12.4. The third kappa shape index (κ3) is 2.08. The molecule has 5 rings (SSSR count). The quantitative estimate of drug-likeness (QED) is 0.580. The molecule has 0 amide bonds. The van der Waals surface area contributed by atoms with E-state index in [-0.39, 0.29) is 48.3 Å². The molecule has 2 aliphatic carbocycles. The van der Waals surface area contributed by atoms with Gasteiger partial charge in [0, 0.05) is 18.8 Å². The van der Waals surface area contributed by atoms with E-state index >= 15 is 0 Å². The van der Waals surface area contributed by atoms with E-state index in [1.54, 1.807) is 6.92 Å². The van der Waals surface area contributed by atoms with Crippen molar-refractivity contribution in [3.05, 3.63) is 0 Å². The maximum absolute atomic E-state index is 12.4. The third-order valence-electron chi connectivity index (χ3n) is 7.57. The molecule has 150 valence electrons. The third-order valence-corrected chi connectivity index (χ3v) is 7.57. The van der Waals surface area contributed by atoms with Gasteiger partial charge in [0.25, 0.3) is 0 Å². The summed E-state index contributed by atoms with van der Waals surface area (Å²) in [4.78, 5) is 24.9. The largest absolute Gasteiger partial charge is 0.462 e. The maximum Gasteiger partial charge on any atom is 0.309 e. The number of carbonyl (C=O) groups is 2. The molecule has 0 aromatic heterocycles. The Labute approximate surface area is 158 Å². The minimum absolute atomic E-state index is 0.0655. The first-order chi connectivity index (χ1) is 12.5. The van der Waals surface area contributed by atoms with Gasteiger partial charge in [-0.05, 0) is 19.8 Å². The van der Waals surface area contributed by atoms with Gasteiger partial charge in [-0.3, -0.25) is 9.59 Å². The molecule has 10 atom stereocenters. The zero-order chi connectivity index (χ0) is 19.5. The SMILES string of the molecule is CC(C)CC(=O)O[C@H]1C[C@@](C)(O)[C@@]23O[C@@H]2[C@@H]2O[C@]2(C)[C@@H]3[C@H]2OC(=O)[C@@H](C)[C@@H]21. The molecule has 1 spiro atoms. The first kappa shape index (κ1) is 17.9. The normalized spacial score (nSPS) is 57.1. The topological polar surface area (TPSA) is 97.9 Å². The smallest absolute Gasteiger partial charge is 0.309 e. The zero-order valence-corrected chi connectivity index (χ0v) is 16.4. The van der Waals surface area contributed by atoms with Gasteiger partial charge >= 0.3 is 11.9 Å². The fourth-order valence-electron chi connectivity index (χ4n) is 6.27. The van der Waals surface area contributed by atoms with Crippen LogP contribution in [0.1, 0.15) is 47.5 Å². The van der Waals surface area contributed by atoms with Gasteiger partial charge in [-0.15, -0.1) is 0 Å².